The normalized spacial score (nSPS) is 23.3. The third kappa shape index (κ3) is 4.97. The minimum Gasteiger partial charge on any atom is -0.467 e. The summed E-state index contributed by atoms with van der Waals surface area (Å²) in [6.07, 6.45) is 1.64. The van der Waals surface area contributed by atoms with Crippen LogP contribution < -0.4 is 10.1 Å². The molecule has 0 spiro atoms. The second-order valence-corrected chi connectivity index (χ2v) is 9.30. The van der Waals surface area contributed by atoms with Gasteiger partial charge < -0.3 is 19.9 Å². The molecule has 2 aliphatic rings. The second-order valence-electron chi connectivity index (χ2n) is 9.30. The molecule has 0 bridgehead atoms. The highest BCUT2D eigenvalue weighted by Crippen LogP contribution is 2.38. The minimum atomic E-state index is -4.52. The number of rotatable bonds is 7. The van der Waals surface area contributed by atoms with Crippen LogP contribution in [0.15, 0.2) is 30.5 Å². The molecule has 9 nitrogen and oxygen atoms in total. The van der Waals surface area contributed by atoms with E-state index in [1.165, 1.54) is 13.2 Å². The van der Waals surface area contributed by atoms with Crippen LogP contribution in [0.4, 0.5) is 19.1 Å². The van der Waals surface area contributed by atoms with Crippen LogP contribution in [0.25, 0.3) is 16.8 Å². The zero-order valence-corrected chi connectivity index (χ0v) is 19.9. The maximum Gasteiger partial charge on any atom is 0.416 e. The highest BCUT2D eigenvalue weighted by atomic mass is 19.4. The van der Waals surface area contributed by atoms with E-state index in [9.17, 15) is 18.3 Å². The van der Waals surface area contributed by atoms with Gasteiger partial charge in [-0.2, -0.15) is 22.8 Å². The van der Waals surface area contributed by atoms with E-state index in [0.717, 1.165) is 57.3 Å². The first-order valence-electron chi connectivity index (χ1n) is 12.1. The van der Waals surface area contributed by atoms with E-state index >= 15 is 0 Å². The lowest BCUT2D eigenvalue weighted by atomic mass is 10.0. The highest BCUT2D eigenvalue weighted by Gasteiger charge is 2.34. The number of alkyl halides is 3. The molecule has 2 aromatic heterocycles. The number of likely N-dealkylation sites (tertiary alicyclic amines) is 1. The number of piperidine rings is 1. The maximum atomic E-state index is 13.3. The van der Waals surface area contributed by atoms with Gasteiger partial charge in [0.25, 0.3) is 0 Å². The number of methoxy groups -OCH3 is 1. The molecule has 2 unspecified atom stereocenters. The Hall–Kier alpha value is -2.96. The average Bonchev–Trinajstić information content (AvgIpc) is 3.52. The molecule has 0 amide bonds. The summed E-state index contributed by atoms with van der Waals surface area (Å²) in [5, 5.41) is 26.8. The fourth-order valence-corrected chi connectivity index (χ4v) is 5.22. The van der Waals surface area contributed by atoms with Crippen LogP contribution in [0.2, 0.25) is 0 Å². The van der Waals surface area contributed by atoms with Crippen molar-refractivity contribution in [3.05, 3.63) is 36.0 Å². The first-order valence-corrected chi connectivity index (χ1v) is 12.1. The molecule has 36 heavy (non-hydrogen) atoms. The van der Waals surface area contributed by atoms with Crippen molar-refractivity contribution in [1.82, 2.24) is 24.7 Å². The van der Waals surface area contributed by atoms with Gasteiger partial charge in [-0.3, -0.25) is 4.90 Å². The number of fused-ring (bicyclic) bond motifs is 1. The van der Waals surface area contributed by atoms with Gasteiger partial charge in [-0.1, -0.05) is 0 Å². The molecule has 2 N–H and O–H groups in total. The summed E-state index contributed by atoms with van der Waals surface area (Å²) in [5.74, 6) is 0.437. The molecule has 1 saturated heterocycles. The largest absolute Gasteiger partial charge is 0.467 e. The fraction of sp³-hybridized carbons (Fsp3) is 0.542. The van der Waals surface area contributed by atoms with Crippen LogP contribution in [0.3, 0.4) is 0 Å². The van der Waals surface area contributed by atoms with Gasteiger partial charge in [0, 0.05) is 31.3 Å². The van der Waals surface area contributed by atoms with Gasteiger partial charge in [-0.15, -0.1) is 10.2 Å². The lowest BCUT2D eigenvalue weighted by molar-refractivity contribution is -0.137. The molecule has 5 rings (SSSR count). The number of nitrogens with one attached hydrogen (secondary N) is 1. The van der Waals surface area contributed by atoms with Crippen molar-refractivity contribution in [2.45, 2.75) is 56.5 Å². The third-order valence-corrected chi connectivity index (χ3v) is 6.93. The predicted octanol–water partition coefficient (Wildman–Crippen LogP) is 3.58. The molecule has 194 valence electrons. The Morgan fingerprint density at radius 3 is 2.75 bits per heavy atom. The second kappa shape index (κ2) is 10.2. The Morgan fingerprint density at radius 1 is 1.14 bits per heavy atom. The molecule has 1 aromatic carbocycles. The van der Waals surface area contributed by atoms with E-state index in [2.05, 4.69) is 25.5 Å². The Morgan fingerprint density at radius 2 is 2.00 bits per heavy atom. The summed E-state index contributed by atoms with van der Waals surface area (Å²) in [4.78, 5) is 2.35. The standard InChI is InChI=1S/C24H29F3N6O3/c1-35-14-36-21-12-15(24(25,26)27)7-8-17(21)22-19-9-10-28-33(19)23(31-30-22)29-16-4-3-11-32(13-16)18-5-2-6-20(18)34/h7-10,12,16,18,20,34H,2-6,11,13-14H2,1H3,(H,29,31)/t16-,18?,20?/m1/s1. The molecular weight excluding hydrogens is 477 g/mol. The van der Waals surface area contributed by atoms with E-state index < -0.39 is 11.7 Å². The van der Waals surface area contributed by atoms with Crippen LogP contribution in [0.5, 0.6) is 5.75 Å². The van der Waals surface area contributed by atoms with Gasteiger partial charge >= 0.3 is 6.18 Å². The summed E-state index contributed by atoms with van der Waals surface area (Å²) >= 11 is 0. The van der Waals surface area contributed by atoms with Crippen LogP contribution in [-0.4, -0.2) is 75.0 Å². The first-order chi connectivity index (χ1) is 17.3. The molecule has 3 heterocycles. The zero-order valence-electron chi connectivity index (χ0n) is 19.9. The van der Waals surface area contributed by atoms with Gasteiger partial charge in [-0.05, 0) is 62.9 Å². The molecule has 12 heteroatoms. The zero-order chi connectivity index (χ0) is 25.3. The third-order valence-electron chi connectivity index (χ3n) is 6.93. The minimum absolute atomic E-state index is 0.0113. The van der Waals surface area contributed by atoms with E-state index in [0.29, 0.717) is 22.7 Å². The topological polar surface area (TPSA) is 97.0 Å². The van der Waals surface area contributed by atoms with Crippen molar-refractivity contribution in [2.24, 2.45) is 0 Å². The SMILES string of the molecule is COCOc1cc(C(F)(F)F)ccc1-c1nnc(N[C@@H]2CCCN(C3CCCC3O)C2)n2nccc12. The summed E-state index contributed by atoms with van der Waals surface area (Å²) in [5.41, 5.74) is 0.441. The van der Waals surface area contributed by atoms with Gasteiger partial charge in [0.05, 0.1) is 23.4 Å². The molecule has 1 aliphatic carbocycles. The fourth-order valence-electron chi connectivity index (χ4n) is 5.22. The number of nitrogens with zero attached hydrogens (tertiary/aromatic N) is 5. The monoisotopic (exact) mass is 506 g/mol. The number of anilines is 1. The van der Waals surface area contributed by atoms with Crippen molar-refractivity contribution in [2.75, 3.05) is 32.3 Å². The Bertz CT molecular complexity index is 1200. The number of hydrogen-bond donors (Lipinski definition) is 2. The van der Waals surface area contributed by atoms with E-state index in [1.54, 1.807) is 16.8 Å². The van der Waals surface area contributed by atoms with E-state index in [1.807, 2.05) is 0 Å². The molecule has 1 saturated carbocycles. The number of ether oxygens (including phenoxy) is 2. The molecule has 3 aromatic rings. The lowest BCUT2D eigenvalue weighted by Crippen LogP contribution is -2.49. The summed E-state index contributed by atoms with van der Waals surface area (Å²) < 4.78 is 51.9. The molecular formula is C24H29F3N6O3. The molecule has 3 atom stereocenters. The average molecular weight is 507 g/mol. The highest BCUT2D eigenvalue weighted by molar-refractivity contribution is 5.81. The quantitative estimate of drug-likeness (QED) is 0.470. The summed E-state index contributed by atoms with van der Waals surface area (Å²) in [6, 6.07) is 5.27. The van der Waals surface area contributed by atoms with Gasteiger partial charge in [0.2, 0.25) is 5.95 Å². The number of benzene rings is 1. The smallest absolute Gasteiger partial charge is 0.416 e. The van der Waals surface area contributed by atoms with Crippen molar-refractivity contribution < 1.29 is 27.8 Å². The molecule has 0 radical (unpaired) electrons. The van der Waals surface area contributed by atoms with E-state index in [4.69, 9.17) is 9.47 Å². The number of aliphatic hydroxyl groups is 1. The Kier molecular flexibility index (Phi) is 7.00. The number of halogens is 3. The van der Waals surface area contributed by atoms with Gasteiger partial charge in [0.1, 0.15) is 11.4 Å². The van der Waals surface area contributed by atoms with Crippen molar-refractivity contribution in [1.29, 1.82) is 0 Å². The van der Waals surface area contributed by atoms with Crippen molar-refractivity contribution in [3.63, 3.8) is 0 Å². The van der Waals surface area contributed by atoms with Crippen LogP contribution >= 0.6 is 0 Å². The summed E-state index contributed by atoms with van der Waals surface area (Å²) in [7, 11) is 1.39. The van der Waals surface area contributed by atoms with Crippen molar-refractivity contribution in [3.8, 4) is 17.0 Å². The van der Waals surface area contributed by atoms with Crippen LogP contribution in [0, 0.1) is 0 Å². The van der Waals surface area contributed by atoms with Crippen LogP contribution in [0.1, 0.15) is 37.7 Å². The van der Waals surface area contributed by atoms with E-state index in [-0.39, 0.29) is 30.7 Å². The number of aromatic nitrogens is 4. The first kappa shape index (κ1) is 24.7. The van der Waals surface area contributed by atoms with Gasteiger partial charge in [0.15, 0.2) is 6.79 Å². The van der Waals surface area contributed by atoms with Crippen LogP contribution in [-0.2, 0) is 10.9 Å². The van der Waals surface area contributed by atoms with Crippen molar-refractivity contribution >= 4 is 11.5 Å². The summed E-state index contributed by atoms with van der Waals surface area (Å²) in [6.45, 7) is 1.52. The Balaban J connectivity index is 1.42. The number of hydrogen-bond acceptors (Lipinski definition) is 8. The maximum absolute atomic E-state index is 13.3. The van der Waals surface area contributed by atoms with Gasteiger partial charge in [-0.25, -0.2) is 0 Å². The lowest BCUT2D eigenvalue weighted by Gasteiger charge is -2.38. The predicted molar refractivity (Wildman–Crippen MR) is 126 cm³/mol. The Labute approximate surface area is 206 Å². The number of aliphatic hydroxyl groups excluding tert-OH is 1. The molecule has 2 fully saturated rings. The molecule has 1 aliphatic heterocycles.